The Balaban J connectivity index is 0.821. The lowest BCUT2D eigenvalue weighted by Crippen LogP contribution is -2.26. The highest BCUT2D eigenvalue weighted by Crippen LogP contribution is 2.63. The molecule has 0 radical (unpaired) electrons. The van der Waals surface area contributed by atoms with Gasteiger partial charge in [0.2, 0.25) is 0 Å². The van der Waals surface area contributed by atoms with Gasteiger partial charge in [0, 0.05) is 22.5 Å². The molecule has 3 aliphatic rings. The lowest BCUT2D eigenvalue weighted by atomic mass is 9.70. The topological polar surface area (TPSA) is 3.24 Å². The van der Waals surface area contributed by atoms with Crippen LogP contribution in [-0.4, -0.2) is 0 Å². The number of rotatable bonds is 8. The summed E-state index contributed by atoms with van der Waals surface area (Å²) in [6.07, 6.45) is 1.03. The molecule has 0 aliphatic heterocycles. The average molecular weight is 932 g/mol. The van der Waals surface area contributed by atoms with E-state index < -0.39 is 5.41 Å². The van der Waals surface area contributed by atoms with Gasteiger partial charge in [-0.25, -0.2) is 0 Å². The van der Waals surface area contributed by atoms with Crippen LogP contribution in [0, 0.1) is 0 Å². The van der Waals surface area contributed by atoms with Crippen molar-refractivity contribution in [1.29, 1.82) is 0 Å². The maximum absolute atomic E-state index is 2.49. The number of hydrogen-bond acceptors (Lipinski definition) is 1. The van der Waals surface area contributed by atoms with Crippen LogP contribution in [0.25, 0.3) is 77.9 Å². The SMILES string of the molecule is CCc1ccc(-c2ccc3c(c2)C2(c4ccccc4-3)c3ccccc3-c3ccc(-c4ccc(-c5ccc(N(c6ccc(-c7ccccc7)cc6)c6ccc7c(c6)C(C)(C)c6ccccc6-7)cc5)cc4)cc32)cc1. The molecule has 3 aliphatic carbocycles. The van der Waals surface area contributed by atoms with Crippen LogP contribution in [0.15, 0.2) is 255 Å². The first-order chi connectivity index (χ1) is 35.9. The molecule has 0 N–H and O–H groups in total. The average Bonchev–Trinajstić information content (AvgIpc) is 4.03. The standard InChI is InChI=1S/C72H53N/c1-4-47-22-24-52(25-23-47)54-34-41-63-60-17-9-12-20-66(60)72(69(63)44-54)67-21-13-10-18-61(67)64-42-35-55(45-70(64)72)53-28-26-49(27-29-53)51-32-38-57(39-33-51)73(56-36-30-50(31-37-56)48-14-6-5-7-15-48)58-40-43-62-59-16-8-11-19-65(59)71(2,3)68(62)46-58/h5-46H,4H2,1-3H3. The van der Waals surface area contributed by atoms with E-state index in [1.54, 1.807) is 0 Å². The summed E-state index contributed by atoms with van der Waals surface area (Å²) in [6, 6.07) is 95.6. The lowest BCUT2D eigenvalue weighted by Gasteiger charge is -2.31. The van der Waals surface area contributed by atoms with Gasteiger partial charge in [0.15, 0.2) is 0 Å². The number of benzene rings is 11. The van der Waals surface area contributed by atoms with E-state index in [-0.39, 0.29) is 5.41 Å². The normalized spacial score (nSPS) is 15.0. The van der Waals surface area contributed by atoms with Crippen LogP contribution in [0.3, 0.4) is 0 Å². The van der Waals surface area contributed by atoms with Crippen LogP contribution < -0.4 is 4.90 Å². The molecule has 346 valence electrons. The number of anilines is 3. The molecule has 11 aromatic carbocycles. The fraction of sp³-hybridized carbons (Fsp3) is 0.0833. The van der Waals surface area contributed by atoms with Gasteiger partial charge < -0.3 is 4.90 Å². The van der Waals surface area contributed by atoms with Crippen molar-refractivity contribution in [3.05, 3.63) is 294 Å². The van der Waals surface area contributed by atoms with Crippen LogP contribution >= 0.6 is 0 Å². The third-order valence-electron chi connectivity index (χ3n) is 16.5. The third-order valence-corrected chi connectivity index (χ3v) is 16.5. The fourth-order valence-electron chi connectivity index (χ4n) is 12.8. The zero-order valence-electron chi connectivity index (χ0n) is 41.4. The first kappa shape index (κ1) is 43.0. The molecule has 14 rings (SSSR count). The molecule has 0 saturated heterocycles. The molecule has 1 unspecified atom stereocenters. The number of hydrogen-bond donors (Lipinski definition) is 0. The lowest BCUT2D eigenvalue weighted by molar-refractivity contribution is 0.660. The molecule has 0 saturated carbocycles. The van der Waals surface area contributed by atoms with Crippen LogP contribution in [-0.2, 0) is 17.3 Å². The highest BCUT2D eigenvalue weighted by Gasteiger charge is 2.51. The van der Waals surface area contributed by atoms with E-state index in [0.29, 0.717) is 0 Å². The second-order valence-electron chi connectivity index (χ2n) is 20.7. The molecular formula is C72H53N. The molecule has 1 atom stereocenters. The van der Waals surface area contributed by atoms with Crippen molar-refractivity contribution in [3.8, 4) is 77.9 Å². The summed E-state index contributed by atoms with van der Waals surface area (Å²) in [5.41, 5.74) is 30.0. The minimum atomic E-state index is -0.437. The first-order valence-electron chi connectivity index (χ1n) is 25.9. The van der Waals surface area contributed by atoms with Crippen molar-refractivity contribution in [2.45, 2.75) is 38.0 Å². The predicted octanol–water partition coefficient (Wildman–Crippen LogP) is 19.0. The first-order valence-corrected chi connectivity index (χ1v) is 25.9. The van der Waals surface area contributed by atoms with E-state index in [0.717, 1.165) is 23.5 Å². The molecule has 0 fully saturated rings. The van der Waals surface area contributed by atoms with Gasteiger partial charge in [-0.05, 0) is 172 Å². The summed E-state index contributed by atoms with van der Waals surface area (Å²) < 4.78 is 0. The molecule has 73 heavy (non-hydrogen) atoms. The van der Waals surface area contributed by atoms with Gasteiger partial charge in [0.25, 0.3) is 0 Å². The Morgan fingerprint density at radius 2 is 0.616 bits per heavy atom. The van der Waals surface area contributed by atoms with Crippen LogP contribution in [0.4, 0.5) is 17.1 Å². The maximum Gasteiger partial charge on any atom is 0.0725 e. The molecule has 1 heteroatoms. The predicted molar refractivity (Wildman–Crippen MR) is 306 cm³/mol. The van der Waals surface area contributed by atoms with Crippen molar-refractivity contribution in [2.75, 3.05) is 4.90 Å². The molecular weight excluding hydrogens is 879 g/mol. The van der Waals surface area contributed by atoms with Crippen molar-refractivity contribution >= 4 is 17.1 Å². The Hall–Kier alpha value is -8.78. The second kappa shape index (κ2) is 16.7. The van der Waals surface area contributed by atoms with E-state index in [4.69, 9.17) is 0 Å². The smallest absolute Gasteiger partial charge is 0.0725 e. The van der Waals surface area contributed by atoms with E-state index >= 15 is 0 Å². The fourth-order valence-corrected chi connectivity index (χ4v) is 12.8. The van der Waals surface area contributed by atoms with E-state index in [9.17, 15) is 0 Å². The van der Waals surface area contributed by atoms with Crippen molar-refractivity contribution in [2.24, 2.45) is 0 Å². The van der Waals surface area contributed by atoms with Gasteiger partial charge in [-0.1, -0.05) is 227 Å². The molecule has 1 spiro atoms. The summed E-state index contributed by atoms with van der Waals surface area (Å²) in [5.74, 6) is 0. The van der Waals surface area contributed by atoms with E-state index in [1.807, 2.05) is 0 Å². The zero-order chi connectivity index (χ0) is 48.8. The highest BCUT2D eigenvalue weighted by atomic mass is 15.1. The minimum Gasteiger partial charge on any atom is -0.310 e. The van der Waals surface area contributed by atoms with E-state index in [1.165, 1.54) is 117 Å². The van der Waals surface area contributed by atoms with Crippen molar-refractivity contribution in [3.63, 3.8) is 0 Å². The number of nitrogens with zero attached hydrogens (tertiary/aromatic N) is 1. The summed E-state index contributed by atoms with van der Waals surface area (Å²) in [6.45, 7) is 6.94. The molecule has 11 aromatic rings. The Morgan fingerprint density at radius 1 is 0.274 bits per heavy atom. The molecule has 0 heterocycles. The molecule has 0 aromatic heterocycles. The Labute approximate surface area is 429 Å². The summed E-state index contributed by atoms with van der Waals surface area (Å²) in [7, 11) is 0. The summed E-state index contributed by atoms with van der Waals surface area (Å²) in [4.78, 5) is 2.41. The van der Waals surface area contributed by atoms with Crippen molar-refractivity contribution in [1.82, 2.24) is 0 Å². The van der Waals surface area contributed by atoms with Gasteiger partial charge in [-0.2, -0.15) is 0 Å². The monoisotopic (exact) mass is 931 g/mol. The van der Waals surface area contributed by atoms with Gasteiger partial charge in [0.1, 0.15) is 0 Å². The molecule has 0 bridgehead atoms. The van der Waals surface area contributed by atoms with Crippen LogP contribution in [0.5, 0.6) is 0 Å². The summed E-state index contributed by atoms with van der Waals surface area (Å²) in [5, 5.41) is 0. The van der Waals surface area contributed by atoms with Gasteiger partial charge >= 0.3 is 0 Å². The zero-order valence-corrected chi connectivity index (χ0v) is 41.4. The van der Waals surface area contributed by atoms with Crippen molar-refractivity contribution < 1.29 is 0 Å². The van der Waals surface area contributed by atoms with Gasteiger partial charge in [0.05, 0.1) is 5.41 Å². The van der Waals surface area contributed by atoms with Crippen LogP contribution in [0.1, 0.15) is 59.7 Å². The van der Waals surface area contributed by atoms with Gasteiger partial charge in [-0.3, -0.25) is 0 Å². The highest BCUT2D eigenvalue weighted by molar-refractivity contribution is 5.97. The Morgan fingerprint density at radius 3 is 1.12 bits per heavy atom. The largest absolute Gasteiger partial charge is 0.310 e. The number of aryl methyl sites for hydroxylation is 1. The van der Waals surface area contributed by atoms with E-state index in [2.05, 4.69) is 280 Å². The molecule has 0 amide bonds. The maximum atomic E-state index is 2.49. The minimum absolute atomic E-state index is 0.105. The Bertz CT molecular complexity index is 3920. The second-order valence-corrected chi connectivity index (χ2v) is 20.7. The molecule has 1 nitrogen and oxygen atoms in total. The third kappa shape index (κ3) is 6.62. The number of fused-ring (bicyclic) bond motifs is 13. The quantitative estimate of drug-likeness (QED) is 0.147. The van der Waals surface area contributed by atoms with Crippen LogP contribution in [0.2, 0.25) is 0 Å². The summed E-state index contributed by atoms with van der Waals surface area (Å²) >= 11 is 0. The van der Waals surface area contributed by atoms with Gasteiger partial charge in [-0.15, -0.1) is 0 Å². The Kier molecular flexibility index (Phi) is 9.82.